The van der Waals surface area contributed by atoms with Crippen molar-refractivity contribution in [2.24, 2.45) is 56.7 Å². The summed E-state index contributed by atoms with van der Waals surface area (Å²) in [6.45, 7) is 25.0. The van der Waals surface area contributed by atoms with Crippen LogP contribution in [0.15, 0.2) is 42.5 Å². The number of amides is 1. The molecule has 5 fully saturated rings. The van der Waals surface area contributed by atoms with Crippen LogP contribution in [0.5, 0.6) is 0 Å². The van der Waals surface area contributed by atoms with E-state index in [0.29, 0.717) is 56.2 Å². The fraction of sp³-hybridized carbons (Fsp3) is 0.745. The maximum absolute atomic E-state index is 14.6. The van der Waals surface area contributed by atoms with Crippen LogP contribution in [-0.4, -0.2) is 99.3 Å². The molecule has 0 bridgehead atoms. The molecule has 4 saturated carbocycles. The summed E-state index contributed by atoms with van der Waals surface area (Å²) in [6.07, 6.45) is 12.2. The summed E-state index contributed by atoms with van der Waals surface area (Å²) in [4.78, 5) is 28.6. The number of carboxylic acid groups (broad SMARTS) is 1. The number of aliphatic hydroxyl groups excluding tert-OH is 1. The second-order valence-electron chi connectivity index (χ2n) is 19.8. The van der Waals surface area contributed by atoms with Gasteiger partial charge in [0, 0.05) is 39.3 Å². The summed E-state index contributed by atoms with van der Waals surface area (Å²) in [5, 5.41) is 25.4. The van der Waals surface area contributed by atoms with Crippen molar-refractivity contribution in [3.63, 3.8) is 0 Å². The Balaban J connectivity index is 1.14. The molecule has 7 rings (SSSR count). The molecular formula is C47H71N3O6. The average Bonchev–Trinajstić information content (AvgIpc) is 3.58. The predicted octanol–water partition coefficient (Wildman–Crippen LogP) is 7.06. The first-order chi connectivity index (χ1) is 26.7. The first-order valence-electron chi connectivity index (χ1n) is 21.9. The molecule has 5 aliphatic carbocycles. The van der Waals surface area contributed by atoms with E-state index in [1.807, 2.05) is 12.1 Å². The van der Waals surface area contributed by atoms with Crippen molar-refractivity contribution in [3.05, 3.63) is 53.6 Å². The van der Waals surface area contributed by atoms with Gasteiger partial charge in [0.2, 0.25) is 5.91 Å². The zero-order chi connectivity index (χ0) is 39.9. The summed E-state index contributed by atoms with van der Waals surface area (Å²) in [6, 6.07) is 7.53. The highest BCUT2D eigenvalue weighted by Crippen LogP contribution is 2.77. The van der Waals surface area contributed by atoms with Gasteiger partial charge in [0.05, 0.1) is 44.0 Å². The van der Waals surface area contributed by atoms with Gasteiger partial charge >= 0.3 is 5.97 Å². The molecule has 9 heteroatoms. The molecule has 0 aromatic heterocycles. The average molecular weight is 774 g/mol. The molecule has 0 spiro atoms. The summed E-state index contributed by atoms with van der Waals surface area (Å²) in [7, 11) is 0. The molecule has 1 aromatic carbocycles. The highest BCUT2D eigenvalue weighted by atomic mass is 16.5. The molecule has 9 nitrogen and oxygen atoms in total. The summed E-state index contributed by atoms with van der Waals surface area (Å²) < 4.78 is 11.9. The third-order valence-corrected chi connectivity index (χ3v) is 17.2. The minimum absolute atomic E-state index is 0.0429. The Morgan fingerprint density at radius 3 is 2.38 bits per heavy atom. The zero-order valence-corrected chi connectivity index (χ0v) is 35.1. The summed E-state index contributed by atoms with van der Waals surface area (Å²) in [5.41, 5.74) is 3.97. The van der Waals surface area contributed by atoms with Gasteiger partial charge in [-0.2, -0.15) is 0 Å². The number of allylic oxidation sites excluding steroid dienone is 2. The van der Waals surface area contributed by atoms with Crippen molar-refractivity contribution in [1.29, 1.82) is 0 Å². The number of nitrogens with zero attached hydrogens (tertiary/aromatic N) is 1. The first-order valence-corrected chi connectivity index (χ1v) is 21.9. The lowest BCUT2D eigenvalue weighted by Crippen LogP contribution is -2.66. The molecule has 1 amide bonds. The number of nitrogens with one attached hydrogen (secondary N) is 2. The molecule has 9 unspecified atom stereocenters. The Morgan fingerprint density at radius 1 is 0.911 bits per heavy atom. The minimum Gasteiger partial charge on any atom is -0.478 e. The molecular weight excluding hydrogens is 703 g/mol. The number of carbonyl (C=O) groups is 2. The van der Waals surface area contributed by atoms with Crippen LogP contribution < -0.4 is 10.6 Å². The number of fused-ring (bicyclic) bond motifs is 7. The Hall–Kier alpha value is -2.56. The standard InChI is InChI=1S/C47H71N3O6/c1-32(31-56-30-26-50-24-28-55-29-25-50)35-13-18-47(42(54)49-22-21-48-23-27-51)20-19-45(5)37(40(35)47)11-12-39-44(4)16-14-36(33-7-9-34(10-8-33)41(52)53)43(2,3)38(44)15-17-46(39,45)6/h7-10,14,35,37-40,48,51H,1,11-13,15-31H2,2-6H3,(H,49,54)(H,52,53). The lowest BCUT2D eigenvalue weighted by molar-refractivity contribution is -0.225. The van der Waals surface area contributed by atoms with Gasteiger partial charge in [-0.25, -0.2) is 4.79 Å². The number of aromatic carboxylic acids is 1. The molecule has 1 aliphatic heterocycles. The van der Waals surface area contributed by atoms with Crippen LogP contribution in [0.25, 0.3) is 5.57 Å². The van der Waals surface area contributed by atoms with Crippen molar-refractivity contribution in [2.45, 2.75) is 92.4 Å². The molecule has 6 aliphatic rings. The number of rotatable bonds is 14. The predicted molar refractivity (Wildman–Crippen MR) is 221 cm³/mol. The molecule has 1 heterocycles. The lowest BCUT2D eigenvalue weighted by atomic mass is 9.32. The zero-order valence-electron chi connectivity index (χ0n) is 35.1. The second kappa shape index (κ2) is 16.2. The third-order valence-electron chi connectivity index (χ3n) is 17.2. The van der Waals surface area contributed by atoms with Gasteiger partial charge in [-0.1, -0.05) is 59.4 Å². The Labute approximate surface area is 336 Å². The maximum Gasteiger partial charge on any atom is 0.335 e. The highest BCUT2D eigenvalue weighted by Gasteiger charge is 2.71. The Bertz CT molecular complexity index is 1640. The van der Waals surface area contributed by atoms with Gasteiger partial charge in [-0.15, -0.1) is 0 Å². The molecule has 310 valence electrons. The number of carbonyl (C=O) groups excluding carboxylic acids is 1. The van der Waals surface area contributed by atoms with Gasteiger partial charge in [-0.05, 0) is 138 Å². The van der Waals surface area contributed by atoms with Crippen LogP contribution in [-0.2, 0) is 14.3 Å². The Morgan fingerprint density at radius 2 is 1.66 bits per heavy atom. The van der Waals surface area contributed by atoms with Crippen LogP contribution in [0.3, 0.4) is 0 Å². The summed E-state index contributed by atoms with van der Waals surface area (Å²) in [5.74, 6) is 1.38. The van der Waals surface area contributed by atoms with E-state index in [1.54, 1.807) is 12.1 Å². The Kier molecular flexibility index (Phi) is 12.1. The second-order valence-corrected chi connectivity index (χ2v) is 19.8. The molecule has 56 heavy (non-hydrogen) atoms. The summed E-state index contributed by atoms with van der Waals surface area (Å²) >= 11 is 0. The lowest BCUT2D eigenvalue weighted by Gasteiger charge is -2.72. The minimum atomic E-state index is -0.884. The maximum atomic E-state index is 14.6. The van der Waals surface area contributed by atoms with E-state index >= 15 is 0 Å². The number of benzene rings is 1. The van der Waals surface area contributed by atoms with E-state index < -0.39 is 11.4 Å². The van der Waals surface area contributed by atoms with Crippen LogP contribution in [0.4, 0.5) is 0 Å². The van der Waals surface area contributed by atoms with E-state index in [-0.39, 0.29) is 46.0 Å². The quantitative estimate of drug-likeness (QED) is 0.117. The van der Waals surface area contributed by atoms with Crippen LogP contribution in [0, 0.1) is 56.7 Å². The largest absolute Gasteiger partial charge is 0.478 e. The van der Waals surface area contributed by atoms with E-state index in [9.17, 15) is 19.8 Å². The molecule has 0 radical (unpaired) electrons. The van der Waals surface area contributed by atoms with E-state index in [4.69, 9.17) is 16.1 Å². The van der Waals surface area contributed by atoms with Crippen molar-refractivity contribution in [3.8, 4) is 0 Å². The van der Waals surface area contributed by atoms with Crippen molar-refractivity contribution >= 4 is 17.4 Å². The topological polar surface area (TPSA) is 120 Å². The van der Waals surface area contributed by atoms with Gasteiger partial charge in [-0.3, -0.25) is 9.69 Å². The van der Waals surface area contributed by atoms with Crippen LogP contribution in [0.2, 0.25) is 0 Å². The van der Waals surface area contributed by atoms with Gasteiger partial charge in [0.1, 0.15) is 0 Å². The van der Waals surface area contributed by atoms with Gasteiger partial charge in [0.25, 0.3) is 0 Å². The number of carboxylic acids is 1. The first kappa shape index (κ1) is 41.6. The van der Waals surface area contributed by atoms with Gasteiger partial charge < -0.3 is 30.3 Å². The number of aliphatic hydroxyl groups is 1. The van der Waals surface area contributed by atoms with Crippen molar-refractivity contribution in [2.75, 3.05) is 72.3 Å². The fourth-order valence-corrected chi connectivity index (χ4v) is 14.3. The highest BCUT2D eigenvalue weighted by molar-refractivity contribution is 5.88. The SMILES string of the molecule is C=C(COCCN1CCOCC1)C1CCC2(C(=O)NCCNCCO)CCC3(C)C(CCC4C5(C)CC=C(c6ccc(C(=O)O)cc6)C(C)(C)C5CCC43C)C12. The van der Waals surface area contributed by atoms with Gasteiger partial charge in [0.15, 0.2) is 0 Å². The molecule has 1 saturated heterocycles. The van der Waals surface area contributed by atoms with E-state index in [2.05, 4.69) is 56.2 Å². The third kappa shape index (κ3) is 7.03. The number of hydrogen-bond acceptors (Lipinski definition) is 7. The molecule has 9 atom stereocenters. The fourth-order valence-electron chi connectivity index (χ4n) is 14.3. The number of hydrogen-bond donors (Lipinski definition) is 4. The monoisotopic (exact) mass is 774 g/mol. The molecule has 4 N–H and O–H groups in total. The molecule has 1 aromatic rings. The normalized spacial score (nSPS) is 37.7. The van der Waals surface area contributed by atoms with E-state index in [0.717, 1.165) is 76.9 Å². The smallest absolute Gasteiger partial charge is 0.335 e. The van der Waals surface area contributed by atoms with Crippen molar-refractivity contribution in [1.82, 2.24) is 15.5 Å². The van der Waals surface area contributed by atoms with E-state index in [1.165, 1.54) is 30.4 Å². The number of ether oxygens (including phenoxy) is 2. The number of morpholine rings is 1. The van der Waals surface area contributed by atoms with Crippen LogP contribution in [0.1, 0.15) is 108 Å². The van der Waals surface area contributed by atoms with Crippen molar-refractivity contribution < 1.29 is 29.3 Å². The van der Waals surface area contributed by atoms with Crippen LogP contribution >= 0.6 is 0 Å².